The molecular formula is C37H44ClN3O6. The number of anilines is 1. The number of amides is 1. The highest BCUT2D eigenvalue weighted by Crippen LogP contribution is 2.62. The van der Waals surface area contributed by atoms with E-state index in [0.29, 0.717) is 43.0 Å². The van der Waals surface area contributed by atoms with Gasteiger partial charge in [-0.05, 0) is 99.4 Å². The number of ether oxygens (including phenoxy) is 4. The van der Waals surface area contributed by atoms with Crippen molar-refractivity contribution in [2.75, 3.05) is 38.8 Å². The maximum atomic E-state index is 13.0. The summed E-state index contributed by atoms with van der Waals surface area (Å²) >= 11 is 6.75. The number of aryl methyl sites for hydroxylation is 1. The van der Waals surface area contributed by atoms with Crippen LogP contribution in [0.2, 0.25) is 5.02 Å². The van der Waals surface area contributed by atoms with Gasteiger partial charge in [0.25, 0.3) is 0 Å². The van der Waals surface area contributed by atoms with E-state index in [2.05, 4.69) is 24.0 Å². The van der Waals surface area contributed by atoms with Crippen molar-refractivity contribution in [1.82, 2.24) is 9.88 Å². The standard InChI is InChI=1S/C37H44ClN3O6/c1-23-17-24(18-25-13-15-40(20-28(23)25)35(43)47-36(2,3)4)21-46-33-27(9-7-10-29(33)38)30-11-8-12-32(39-30)41-16-14-26-19-37(26,34(42)45-6)31(41)22-44-5/h7-12,17-18,26,31H,13-16,19-22H2,1-6H3/t26-,31+,37-/m0/s1. The minimum atomic E-state index is -0.563. The molecule has 2 aliphatic heterocycles. The molecule has 47 heavy (non-hydrogen) atoms. The van der Waals surface area contributed by atoms with E-state index < -0.39 is 11.0 Å². The smallest absolute Gasteiger partial charge is 0.410 e. The lowest BCUT2D eigenvalue weighted by molar-refractivity contribution is -0.150. The number of halogens is 1. The average Bonchev–Trinajstić information content (AvgIpc) is 3.80. The van der Waals surface area contributed by atoms with E-state index in [1.807, 2.05) is 57.2 Å². The monoisotopic (exact) mass is 661 g/mol. The number of hydrogen-bond acceptors (Lipinski definition) is 8. The number of hydrogen-bond donors (Lipinski definition) is 0. The highest BCUT2D eigenvalue weighted by molar-refractivity contribution is 6.32. The first kappa shape index (κ1) is 33.1. The number of benzene rings is 2. The molecule has 2 aromatic carbocycles. The molecule has 10 heteroatoms. The minimum absolute atomic E-state index is 0.167. The lowest BCUT2D eigenvalue weighted by Gasteiger charge is -2.40. The van der Waals surface area contributed by atoms with Crippen LogP contribution in [0, 0.1) is 18.3 Å². The summed E-state index contributed by atoms with van der Waals surface area (Å²) in [4.78, 5) is 34.7. The molecule has 1 aromatic heterocycles. The Bertz CT molecular complexity index is 1670. The quantitative estimate of drug-likeness (QED) is 0.239. The highest BCUT2D eigenvalue weighted by Gasteiger charge is 2.68. The van der Waals surface area contributed by atoms with E-state index >= 15 is 0 Å². The number of nitrogens with zero attached hydrogens (tertiary/aromatic N) is 3. The van der Waals surface area contributed by atoms with Crippen LogP contribution in [0.5, 0.6) is 5.75 Å². The fraction of sp³-hybridized carbons (Fsp3) is 0.486. The van der Waals surface area contributed by atoms with Gasteiger partial charge in [0, 0.05) is 32.3 Å². The van der Waals surface area contributed by atoms with Crippen LogP contribution in [0.15, 0.2) is 48.5 Å². The number of para-hydroxylation sites is 1. The van der Waals surface area contributed by atoms with Gasteiger partial charge in [-0.3, -0.25) is 4.79 Å². The molecular weight excluding hydrogens is 618 g/mol. The SMILES string of the molecule is COC[C@H]1N(c2cccc(-c3cccc(Cl)c3OCc3cc(C)c4c(c3)CCN(C(=O)OC(C)(C)C)C4)n2)CC[C@H]2C[C@]21C(=O)OC. The van der Waals surface area contributed by atoms with Gasteiger partial charge in [-0.1, -0.05) is 35.9 Å². The number of carbonyl (C=O) groups is 2. The summed E-state index contributed by atoms with van der Waals surface area (Å²) < 4.78 is 22.9. The molecule has 2 fully saturated rings. The molecule has 0 N–H and O–H groups in total. The van der Waals surface area contributed by atoms with Gasteiger partial charge in [-0.25, -0.2) is 9.78 Å². The van der Waals surface area contributed by atoms with Crippen molar-refractivity contribution in [2.45, 2.75) is 71.8 Å². The Morgan fingerprint density at radius 1 is 1.09 bits per heavy atom. The van der Waals surface area contributed by atoms with E-state index in [9.17, 15) is 9.59 Å². The molecule has 3 aliphatic rings. The molecule has 0 radical (unpaired) electrons. The van der Waals surface area contributed by atoms with Gasteiger partial charge in [-0.15, -0.1) is 0 Å². The predicted molar refractivity (Wildman–Crippen MR) is 181 cm³/mol. The van der Waals surface area contributed by atoms with Crippen LogP contribution in [0.25, 0.3) is 11.3 Å². The van der Waals surface area contributed by atoms with Crippen molar-refractivity contribution in [1.29, 1.82) is 0 Å². The lowest BCUT2D eigenvalue weighted by Crippen LogP contribution is -2.53. The number of aromatic nitrogens is 1. The van der Waals surface area contributed by atoms with E-state index in [1.165, 1.54) is 12.7 Å². The summed E-state index contributed by atoms with van der Waals surface area (Å²) in [5.74, 6) is 1.47. The van der Waals surface area contributed by atoms with E-state index in [0.717, 1.165) is 59.6 Å². The van der Waals surface area contributed by atoms with Gasteiger partial charge in [0.05, 0.1) is 35.9 Å². The van der Waals surface area contributed by atoms with Crippen LogP contribution in [0.4, 0.5) is 10.6 Å². The molecule has 3 heterocycles. The Morgan fingerprint density at radius 2 is 1.87 bits per heavy atom. The zero-order valence-corrected chi connectivity index (χ0v) is 28.9. The van der Waals surface area contributed by atoms with Gasteiger partial charge < -0.3 is 28.7 Å². The van der Waals surface area contributed by atoms with E-state index in [4.69, 9.17) is 35.5 Å². The summed E-state index contributed by atoms with van der Waals surface area (Å²) in [5.41, 5.74) is 4.93. The first-order valence-electron chi connectivity index (χ1n) is 16.3. The molecule has 9 nitrogen and oxygen atoms in total. The third-order valence-corrected chi connectivity index (χ3v) is 9.96. The van der Waals surface area contributed by atoms with Crippen molar-refractivity contribution in [3.8, 4) is 17.0 Å². The van der Waals surface area contributed by atoms with Crippen molar-refractivity contribution in [2.24, 2.45) is 11.3 Å². The number of piperidine rings is 1. The van der Waals surface area contributed by atoms with Gasteiger partial charge in [0.1, 0.15) is 23.8 Å². The Labute approximate surface area is 282 Å². The second-order valence-electron chi connectivity index (χ2n) is 13.9. The number of esters is 1. The average molecular weight is 662 g/mol. The molecule has 6 rings (SSSR count). The lowest BCUT2D eigenvalue weighted by atomic mass is 9.87. The van der Waals surface area contributed by atoms with Crippen LogP contribution >= 0.6 is 11.6 Å². The van der Waals surface area contributed by atoms with Crippen LogP contribution in [-0.4, -0.2) is 67.5 Å². The Morgan fingerprint density at radius 3 is 2.62 bits per heavy atom. The third kappa shape index (κ3) is 6.52. The molecule has 0 bridgehead atoms. The largest absolute Gasteiger partial charge is 0.487 e. The Balaban J connectivity index is 1.22. The maximum Gasteiger partial charge on any atom is 0.410 e. The molecule has 1 saturated heterocycles. The number of rotatable bonds is 8. The second kappa shape index (κ2) is 13.0. The van der Waals surface area contributed by atoms with Crippen LogP contribution in [0.3, 0.4) is 0 Å². The molecule has 0 unspecified atom stereocenters. The van der Waals surface area contributed by atoms with Gasteiger partial charge in [0.15, 0.2) is 0 Å². The fourth-order valence-corrected chi connectivity index (χ4v) is 7.58. The van der Waals surface area contributed by atoms with Crippen LogP contribution < -0.4 is 9.64 Å². The number of carbonyl (C=O) groups excluding carboxylic acids is 2. The molecule has 3 aromatic rings. The molecule has 1 saturated carbocycles. The topological polar surface area (TPSA) is 90.4 Å². The van der Waals surface area contributed by atoms with Crippen LogP contribution in [0.1, 0.15) is 55.9 Å². The van der Waals surface area contributed by atoms with Gasteiger partial charge >= 0.3 is 12.1 Å². The number of fused-ring (bicyclic) bond motifs is 2. The second-order valence-corrected chi connectivity index (χ2v) is 14.3. The first-order valence-corrected chi connectivity index (χ1v) is 16.6. The summed E-state index contributed by atoms with van der Waals surface area (Å²) in [6.07, 6.45) is 2.16. The predicted octanol–water partition coefficient (Wildman–Crippen LogP) is 6.99. The number of pyridine rings is 1. The summed E-state index contributed by atoms with van der Waals surface area (Å²) in [6, 6.07) is 15.7. The molecule has 3 atom stereocenters. The van der Waals surface area contributed by atoms with Crippen LogP contribution in [-0.2, 0) is 38.6 Å². The van der Waals surface area contributed by atoms with Crippen molar-refractivity contribution >= 4 is 29.5 Å². The minimum Gasteiger partial charge on any atom is -0.487 e. The molecule has 250 valence electrons. The Hall–Kier alpha value is -3.82. The third-order valence-electron chi connectivity index (χ3n) is 9.66. The van der Waals surface area contributed by atoms with E-state index in [-0.39, 0.29) is 18.1 Å². The van der Waals surface area contributed by atoms with E-state index in [1.54, 1.807) is 12.0 Å². The zero-order chi connectivity index (χ0) is 33.5. The van der Waals surface area contributed by atoms with Crippen molar-refractivity contribution < 1.29 is 28.5 Å². The first-order chi connectivity index (χ1) is 22.4. The zero-order valence-electron chi connectivity index (χ0n) is 28.1. The molecule has 1 amide bonds. The Kier molecular flexibility index (Phi) is 9.15. The molecule has 1 aliphatic carbocycles. The normalized spacial score (nSPS) is 21.9. The van der Waals surface area contributed by atoms with Gasteiger partial charge in [-0.2, -0.15) is 0 Å². The fourth-order valence-electron chi connectivity index (χ4n) is 7.35. The van der Waals surface area contributed by atoms with Crippen molar-refractivity contribution in [3.05, 3.63) is 75.8 Å². The summed E-state index contributed by atoms with van der Waals surface area (Å²) in [5, 5.41) is 0.498. The maximum absolute atomic E-state index is 13.0. The van der Waals surface area contributed by atoms with Gasteiger partial charge in [0.2, 0.25) is 0 Å². The molecule has 0 spiro atoms. The summed E-state index contributed by atoms with van der Waals surface area (Å²) in [6.45, 7) is 10.4. The highest BCUT2D eigenvalue weighted by atomic mass is 35.5. The van der Waals surface area contributed by atoms with Crippen molar-refractivity contribution in [3.63, 3.8) is 0 Å². The summed E-state index contributed by atoms with van der Waals surface area (Å²) in [7, 11) is 3.12. The number of methoxy groups -OCH3 is 2.